The largest absolute Gasteiger partial charge is 0.507 e. The fourth-order valence-electron chi connectivity index (χ4n) is 8.28. The number of furan rings is 2. The summed E-state index contributed by atoms with van der Waals surface area (Å²) < 4.78 is 13.1. The van der Waals surface area contributed by atoms with E-state index in [9.17, 15) is 5.11 Å². The fourth-order valence-corrected chi connectivity index (χ4v) is 8.28. The summed E-state index contributed by atoms with van der Waals surface area (Å²) in [5.41, 5.74) is 12.0. The fraction of sp³-hybridized carbons (Fsp3) is 0. The number of hydrogen-bond acceptors (Lipinski definition) is 5. The summed E-state index contributed by atoms with van der Waals surface area (Å²) in [6.07, 6.45) is 0. The summed E-state index contributed by atoms with van der Waals surface area (Å²) in [6, 6.07) is 66.3. The highest BCUT2D eigenvalue weighted by atomic mass is 16.3. The second kappa shape index (κ2) is 13.2. The number of phenolic OH excluding ortho intramolecular Hbond substituents is 1. The van der Waals surface area contributed by atoms with Crippen molar-refractivity contribution in [3.8, 4) is 28.0 Å². The Bertz CT molecular complexity index is 3290. The van der Waals surface area contributed by atoms with Crippen molar-refractivity contribution < 1.29 is 13.9 Å². The third-order valence-corrected chi connectivity index (χ3v) is 10.9. The molecule has 2 heterocycles. The molecule has 0 saturated carbocycles. The van der Waals surface area contributed by atoms with E-state index in [2.05, 4.69) is 138 Å². The molecular weight excluding hydrogens is 701 g/mol. The molecule has 0 radical (unpaired) electrons. The molecule has 5 nitrogen and oxygen atoms in total. The number of anilines is 5. The maximum absolute atomic E-state index is 10.8. The van der Waals surface area contributed by atoms with Crippen LogP contribution in [0.5, 0.6) is 5.75 Å². The van der Waals surface area contributed by atoms with Gasteiger partial charge >= 0.3 is 0 Å². The number of rotatable bonds is 7. The number of hydrogen-bond donors (Lipinski definition) is 2. The van der Waals surface area contributed by atoms with Gasteiger partial charge in [0.05, 0.1) is 11.4 Å². The topological polar surface area (TPSA) is 61.8 Å². The van der Waals surface area contributed by atoms with Crippen molar-refractivity contribution in [2.45, 2.75) is 0 Å². The molecule has 0 bridgehead atoms. The van der Waals surface area contributed by atoms with Gasteiger partial charge in [-0.3, -0.25) is 0 Å². The van der Waals surface area contributed by atoms with Gasteiger partial charge in [-0.2, -0.15) is 0 Å². The van der Waals surface area contributed by atoms with Crippen LogP contribution in [0.4, 0.5) is 28.4 Å². The third kappa shape index (κ3) is 5.56. The highest BCUT2D eigenvalue weighted by Crippen LogP contribution is 2.46. The number of phenols is 1. The quantitative estimate of drug-likeness (QED) is 0.171. The number of nitrogens with one attached hydrogen (secondary N) is 1. The zero-order valence-corrected chi connectivity index (χ0v) is 30.7. The van der Waals surface area contributed by atoms with Crippen molar-refractivity contribution in [1.82, 2.24) is 0 Å². The first-order valence-electron chi connectivity index (χ1n) is 19.1. The van der Waals surface area contributed by atoms with E-state index in [1.54, 1.807) is 6.07 Å². The van der Waals surface area contributed by atoms with Crippen LogP contribution in [0.25, 0.3) is 76.9 Å². The van der Waals surface area contributed by atoms with Gasteiger partial charge in [-0.25, -0.2) is 0 Å². The van der Waals surface area contributed by atoms with Crippen molar-refractivity contribution in [2.75, 3.05) is 10.2 Å². The van der Waals surface area contributed by atoms with E-state index in [0.717, 1.165) is 105 Å². The number of nitrogens with zero attached hydrogens (tertiary/aromatic N) is 1. The Morgan fingerprint density at radius 3 is 1.98 bits per heavy atom. The van der Waals surface area contributed by atoms with Crippen LogP contribution < -0.4 is 10.2 Å². The Morgan fingerprint density at radius 1 is 0.421 bits per heavy atom. The van der Waals surface area contributed by atoms with E-state index in [0.29, 0.717) is 0 Å². The van der Waals surface area contributed by atoms with Crippen LogP contribution in [-0.2, 0) is 0 Å². The average molecular weight is 735 g/mol. The molecule has 9 aromatic carbocycles. The van der Waals surface area contributed by atoms with Gasteiger partial charge in [0.25, 0.3) is 0 Å². The predicted molar refractivity (Wildman–Crippen MR) is 235 cm³/mol. The highest BCUT2D eigenvalue weighted by molar-refractivity contribution is 6.23. The summed E-state index contributed by atoms with van der Waals surface area (Å²) >= 11 is 0. The van der Waals surface area contributed by atoms with Crippen molar-refractivity contribution in [2.24, 2.45) is 0 Å². The lowest BCUT2D eigenvalue weighted by Crippen LogP contribution is -2.10. The number of fused-ring (bicyclic) bond motifs is 8. The first-order valence-corrected chi connectivity index (χ1v) is 19.1. The minimum absolute atomic E-state index is 0.241. The normalized spacial score (nSPS) is 11.6. The number of para-hydroxylation sites is 3. The average Bonchev–Trinajstić information content (AvgIpc) is 3.83. The van der Waals surface area contributed by atoms with Gasteiger partial charge in [0.15, 0.2) is 5.58 Å². The molecule has 2 aromatic heterocycles. The van der Waals surface area contributed by atoms with Gasteiger partial charge < -0.3 is 24.2 Å². The van der Waals surface area contributed by atoms with E-state index in [-0.39, 0.29) is 5.75 Å². The lowest BCUT2D eigenvalue weighted by Gasteiger charge is -2.27. The van der Waals surface area contributed by atoms with E-state index in [1.165, 1.54) is 0 Å². The number of benzene rings is 9. The number of aromatic hydroxyl groups is 1. The highest BCUT2D eigenvalue weighted by Gasteiger charge is 2.21. The Balaban J connectivity index is 1.07. The lowest BCUT2D eigenvalue weighted by molar-refractivity contribution is 0.477. The van der Waals surface area contributed by atoms with Gasteiger partial charge in [0, 0.05) is 61.7 Å². The van der Waals surface area contributed by atoms with Crippen molar-refractivity contribution >= 4 is 83.1 Å². The molecule has 0 saturated heterocycles. The maximum atomic E-state index is 10.8. The van der Waals surface area contributed by atoms with E-state index in [4.69, 9.17) is 8.83 Å². The summed E-state index contributed by atoms with van der Waals surface area (Å²) in [4.78, 5) is 2.29. The van der Waals surface area contributed by atoms with Gasteiger partial charge in [-0.05, 0) is 76.7 Å². The smallest absolute Gasteiger partial charge is 0.158 e. The van der Waals surface area contributed by atoms with Crippen LogP contribution in [-0.4, -0.2) is 5.11 Å². The first-order chi connectivity index (χ1) is 28.2. The molecule has 0 spiro atoms. The molecule has 270 valence electrons. The van der Waals surface area contributed by atoms with Crippen LogP contribution in [0.2, 0.25) is 0 Å². The summed E-state index contributed by atoms with van der Waals surface area (Å²) in [5.74, 6) is 0.241. The summed E-state index contributed by atoms with van der Waals surface area (Å²) in [6.45, 7) is 0. The molecule has 5 heteroatoms. The van der Waals surface area contributed by atoms with Crippen molar-refractivity contribution in [3.63, 3.8) is 0 Å². The second-order valence-electron chi connectivity index (χ2n) is 14.3. The molecule has 11 aromatic rings. The minimum atomic E-state index is 0.241. The monoisotopic (exact) mass is 734 g/mol. The molecule has 11 rings (SSSR count). The Hall–Kier alpha value is -7.76. The van der Waals surface area contributed by atoms with Gasteiger partial charge in [-0.15, -0.1) is 0 Å². The standard InChI is InChI=1S/C52H34N2O3/c55-47-22-8-6-16-39(47)35-14-10-15-38(30-35)54(37-27-24-34(25-28-37)33-12-2-1-3-13-33)46-32-50-51(42-19-5-4-17-40(42)46)44-29-26-36(31-49(44)56-50)53-45-21-11-20-43-41-18-7-9-23-48(41)57-52(43)45/h1-32,53,55H. The molecule has 0 aliphatic carbocycles. The zero-order valence-electron chi connectivity index (χ0n) is 30.7. The second-order valence-corrected chi connectivity index (χ2v) is 14.3. The van der Waals surface area contributed by atoms with Gasteiger partial charge in [-0.1, -0.05) is 127 Å². The predicted octanol–water partition coefficient (Wildman–Crippen LogP) is 14.9. The van der Waals surface area contributed by atoms with E-state index < -0.39 is 0 Å². The van der Waals surface area contributed by atoms with Crippen molar-refractivity contribution in [3.05, 3.63) is 194 Å². The summed E-state index contributed by atoms with van der Waals surface area (Å²) in [5, 5.41) is 20.9. The summed E-state index contributed by atoms with van der Waals surface area (Å²) in [7, 11) is 0. The zero-order chi connectivity index (χ0) is 37.9. The van der Waals surface area contributed by atoms with Gasteiger partial charge in [0.1, 0.15) is 22.5 Å². The molecule has 0 atom stereocenters. The lowest BCUT2D eigenvalue weighted by atomic mass is 9.99. The molecule has 0 amide bonds. The Kier molecular flexibility index (Phi) is 7.57. The molecule has 0 aliphatic rings. The van der Waals surface area contributed by atoms with Crippen LogP contribution in [0.1, 0.15) is 0 Å². The van der Waals surface area contributed by atoms with Crippen LogP contribution in [0, 0.1) is 0 Å². The first kappa shape index (κ1) is 32.7. The molecule has 0 fully saturated rings. The van der Waals surface area contributed by atoms with Crippen molar-refractivity contribution in [1.29, 1.82) is 0 Å². The maximum Gasteiger partial charge on any atom is 0.158 e. The minimum Gasteiger partial charge on any atom is -0.507 e. The van der Waals surface area contributed by atoms with Crippen LogP contribution in [0.15, 0.2) is 203 Å². The molecule has 2 N–H and O–H groups in total. The van der Waals surface area contributed by atoms with Crippen LogP contribution >= 0.6 is 0 Å². The molecule has 57 heavy (non-hydrogen) atoms. The van der Waals surface area contributed by atoms with Gasteiger partial charge in [0.2, 0.25) is 0 Å². The molecule has 0 aliphatic heterocycles. The van der Waals surface area contributed by atoms with E-state index >= 15 is 0 Å². The third-order valence-electron chi connectivity index (χ3n) is 10.9. The Labute approximate surface area is 328 Å². The van der Waals surface area contributed by atoms with E-state index in [1.807, 2.05) is 60.7 Å². The van der Waals surface area contributed by atoms with Crippen LogP contribution in [0.3, 0.4) is 0 Å². The SMILES string of the molecule is Oc1ccccc1-c1cccc(N(c2ccc(-c3ccccc3)cc2)c2cc3oc4cc(Nc5cccc6c5oc5ccccc56)ccc4c3c3ccccc23)c1. The molecule has 0 unspecified atom stereocenters. The Morgan fingerprint density at radius 2 is 1.12 bits per heavy atom. The molecular formula is C52H34N2O3.